The van der Waals surface area contributed by atoms with Crippen LogP contribution in [0.5, 0.6) is 0 Å². The Morgan fingerprint density at radius 2 is 1.89 bits per heavy atom. The van der Waals surface area contributed by atoms with E-state index < -0.39 is 5.54 Å². The maximum absolute atomic E-state index is 12.4. The van der Waals surface area contributed by atoms with Crippen LogP contribution in [0.4, 0.5) is 5.69 Å². The van der Waals surface area contributed by atoms with Gasteiger partial charge in [0.05, 0.1) is 12.1 Å². The van der Waals surface area contributed by atoms with E-state index in [1.807, 2.05) is 33.8 Å². The first kappa shape index (κ1) is 14.5. The zero-order valence-electron chi connectivity index (χ0n) is 11.7. The second-order valence-electron chi connectivity index (χ2n) is 5.36. The van der Waals surface area contributed by atoms with Gasteiger partial charge in [0.15, 0.2) is 0 Å². The highest BCUT2D eigenvalue weighted by atomic mass is 16.3. The Morgan fingerprint density at radius 3 is 2.39 bits per heavy atom. The number of amides is 1. The Kier molecular flexibility index (Phi) is 4.02. The predicted molar refractivity (Wildman–Crippen MR) is 73.6 cm³/mol. The van der Waals surface area contributed by atoms with Gasteiger partial charge in [-0.3, -0.25) is 4.79 Å². The van der Waals surface area contributed by atoms with Gasteiger partial charge in [0, 0.05) is 18.3 Å². The fourth-order valence-electron chi connectivity index (χ4n) is 1.66. The summed E-state index contributed by atoms with van der Waals surface area (Å²) in [7, 11) is 1.69. The van der Waals surface area contributed by atoms with E-state index in [0.29, 0.717) is 11.3 Å². The molecule has 18 heavy (non-hydrogen) atoms. The molecule has 0 aliphatic heterocycles. The highest BCUT2D eigenvalue weighted by Gasteiger charge is 2.28. The Labute approximate surface area is 108 Å². The predicted octanol–water partition coefficient (Wildman–Crippen LogP) is 1.73. The van der Waals surface area contributed by atoms with Crippen LogP contribution < -0.4 is 5.73 Å². The van der Waals surface area contributed by atoms with Crippen molar-refractivity contribution in [3.63, 3.8) is 0 Å². The van der Waals surface area contributed by atoms with Crippen LogP contribution in [0.25, 0.3) is 0 Å². The van der Waals surface area contributed by atoms with Gasteiger partial charge in [-0.25, -0.2) is 0 Å². The molecule has 0 aliphatic rings. The van der Waals surface area contributed by atoms with Crippen molar-refractivity contribution in [3.05, 3.63) is 28.8 Å². The van der Waals surface area contributed by atoms with Crippen molar-refractivity contribution >= 4 is 11.6 Å². The number of nitrogens with two attached hydrogens (primary N) is 1. The zero-order valence-corrected chi connectivity index (χ0v) is 11.7. The third-order valence-electron chi connectivity index (χ3n) is 3.44. The molecular weight excluding hydrogens is 228 g/mol. The molecule has 0 aliphatic carbocycles. The number of carbonyl (C=O) groups excluding carboxylic acids is 1. The van der Waals surface area contributed by atoms with Gasteiger partial charge >= 0.3 is 0 Å². The summed E-state index contributed by atoms with van der Waals surface area (Å²) in [5, 5.41) is 9.31. The molecule has 0 saturated carbocycles. The van der Waals surface area contributed by atoms with Gasteiger partial charge in [0.1, 0.15) is 0 Å². The number of hydrogen-bond acceptors (Lipinski definition) is 3. The molecule has 0 heterocycles. The lowest BCUT2D eigenvalue weighted by Crippen LogP contribution is -2.47. The number of likely N-dealkylation sites (N-methyl/N-ethyl adjacent to an activating group) is 1. The highest BCUT2D eigenvalue weighted by molar-refractivity contribution is 5.97. The second kappa shape index (κ2) is 4.98. The molecule has 0 radical (unpaired) electrons. The number of nitrogens with zero attached hydrogens (tertiary/aromatic N) is 1. The fraction of sp³-hybridized carbons (Fsp3) is 0.500. The van der Waals surface area contributed by atoms with E-state index in [0.717, 1.165) is 11.1 Å². The number of aryl methyl sites for hydroxylation is 2. The molecular formula is C14H22N2O2. The van der Waals surface area contributed by atoms with Crippen molar-refractivity contribution in [2.45, 2.75) is 33.2 Å². The van der Waals surface area contributed by atoms with E-state index in [9.17, 15) is 9.90 Å². The molecule has 1 aromatic rings. The number of aliphatic hydroxyl groups is 1. The summed E-state index contributed by atoms with van der Waals surface area (Å²) in [6.45, 7) is 7.35. The Balaban J connectivity index is 3.16. The van der Waals surface area contributed by atoms with E-state index in [-0.39, 0.29) is 12.5 Å². The van der Waals surface area contributed by atoms with Crippen LogP contribution in [-0.2, 0) is 0 Å². The number of rotatable bonds is 3. The molecule has 4 nitrogen and oxygen atoms in total. The number of nitrogen functional groups attached to an aromatic ring is 1. The molecule has 0 fully saturated rings. The number of carbonyl (C=O) groups is 1. The summed E-state index contributed by atoms with van der Waals surface area (Å²) in [4.78, 5) is 13.9. The summed E-state index contributed by atoms with van der Waals surface area (Å²) in [6.07, 6.45) is 0. The van der Waals surface area contributed by atoms with Gasteiger partial charge in [0.2, 0.25) is 0 Å². The van der Waals surface area contributed by atoms with Crippen molar-refractivity contribution in [2.75, 3.05) is 19.4 Å². The van der Waals surface area contributed by atoms with Crippen LogP contribution in [0.2, 0.25) is 0 Å². The lowest BCUT2D eigenvalue weighted by atomic mass is 9.99. The molecule has 3 N–H and O–H groups in total. The third-order valence-corrected chi connectivity index (χ3v) is 3.44. The lowest BCUT2D eigenvalue weighted by molar-refractivity contribution is 0.0472. The minimum Gasteiger partial charge on any atom is -0.398 e. The third kappa shape index (κ3) is 2.64. The maximum Gasteiger partial charge on any atom is 0.254 e. The molecule has 0 unspecified atom stereocenters. The number of benzene rings is 1. The van der Waals surface area contributed by atoms with Gasteiger partial charge in [-0.2, -0.15) is 0 Å². The van der Waals surface area contributed by atoms with Crippen LogP contribution in [0.3, 0.4) is 0 Å². The summed E-state index contributed by atoms with van der Waals surface area (Å²) < 4.78 is 0. The summed E-state index contributed by atoms with van der Waals surface area (Å²) in [5.41, 5.74) is 8.31. The van der Waals surface area contributed by atoms with Gasteiger partial charge in [-0.15, -0.1) is 0 Å². The van der Waals surface area contributed by atoms with Crippen LogP contribution >= 0.6 is 0 Å². The normalized spacial score (nSPS) is 11.4. The first-order chi connectivity index (χ1) is 8.20. The van der Waals surface area contributed by atoms with E-state index >= 15 is 0 Å². The molecule has 1 aromatic carbocycles. The van der Waals surface area contributed by atoms with Gasteiger partial charge in [-0.1, -0.05) is 6.07 Å². The highest BCUT2D eigenvalue weighted by Crippen LogP contribution is 2.22. The molecule has 0 aromatic heterocycles. The Hall–Kier alpha value is -1.55. The summed E-state index contributed by atoms with van der Waals surface area (Å²) in [5.74, 6) is -0.127. The topological polar surface area (TPSA) is 66.6 Å². The van der Waals surface area contributed by atoms with Crippen LogP contribution in [0.15, 0.2) is 12.1 Å². The Bertz CT molecular complexity index is 467. The molecule has 4 heteroatoms. The van der Waals surface area contributed by atoms with Crippen molar-refractivity contribution < 1.29 is 9.90 Å². The molecule has 0 bridgehead atoms. The van der Waals surface area contributed by atoms with Crippen LogP contribution in [0, 0.1) is 13.8 Å². The van der Waals surface area contributed by atoms with E-state index in [1.54, 1.807) is 18.0 Å². The van der Waals surface area contributed by atoms with Crippen molar-refractivity contribution in [2.24, 2.45) is 0 Å². The van der Waals surface area contributed by atoms with Crippen LogP contribution in [0.1, 0.15) is 35.3 Å². The zero-order chi connectivity index (χ0) is 14.1. The molecule has 100 valence electrons. The monoisotopic (exact) mass is 250 g/mol. The minimum absolute atomic E-state index is 0.0877. The second-order valence-corrected chi connectivity index (χ2v) is 5.36. The van der Waals surface area contributed by atoms with Gasteiger partial charge < -0.3 is 15.7 Å². The maximum atomic E-state index is 12.4. The molecule has 0 saturated heterocycles. The fourth-order valence-corrected chi connectivity index (χ4v) is 1.66. The number of anilines is 1. The molecule has 0 spiro atoms. The average Bonchev–Trinajstić information content (AvgIpc) is 2.32. The lowest BCUT2D eigenvalue weighted by Gasteiger charge is -2.34. The first-order valence-electron chi connectivity index (χ1n) is 5.96. The molecule has 0 atom stereocenters. The SMILES string of the molecule is Cc1cc(C)c(C(=O)N(C)C(C)(C)CO)cc1N. The smallest absolute Gasteiger partial charge is 0.254 e. The molecule has 1 amide bonds. The van der Waals surface area contributed by atoms with Gasteiger partial charge in [0.25, 0.3) is 5.91 Å². The quantitative estimate of drug-likeness (QED) is 0.803. The van der Waals surface area contributed by atoms with E-state index in [2.05, 4.69) is 0 Å². The Morgan fingerprint density at radius 1 is 1.33 bits per heavy atom. The first-order valence-corrected chi connectivity index (χ1v) is 5.96. The van der Waals surface area contributed by atoms with E-state index in [4.69, 9.17) is 5.73 Å². The van der Waals surface area contributed by atoms with Crippen molar-refractivity contribution in [1.82, 2.24) is 4.90 Å². The standard InChI is InChI=1S/C14H22N2O2/c1-9-6-10(2)12(15)7-11(9)13(18)16(5)14(3,4)8-17/h6-7,17H,8,15H2,1-5H3. The summed E-state index contributed by atoms with van der Waals surface area (Å²) in [6, 6.07) is 3.61. The number of hydrogen-bond donors (Lipinski definition) is 2. The summed E-state index contributed by atoms with van der Waals surface area (Å²) >= 11 is 0. The minimum atomic E-state index is -0.594. The van der Waals surface area contributed by atoms with Crippen molar-refractivity contribution in [1.29, 1.82) is 0 Å². The number of aliphatic hydroxyl groups excluding tert-OH is 1. The van der Waals surface area contributed by atoms with E-state index in [1.165, 1.54) is 0 Å². The van der Waals surface area contributed by atoms with Gasteiger partial charge in [-0.05, 0) is 44.9 Å². The molecule has 1 rings (SSSR count). The van der Waals surface area contributed by atoms with Crippen molar-refractivity contribution in [3.8, 4) is 0 Å². The van der Waals surface area contributed by atoms with Crippen LogP contribution in [-0.4, -0.2) is 35.1 Å². The average molecular weight is 250 g/mol. The largest absolute Gasteiger partial charge is 0.398 e.